The molecular formula is C13H21N3O2. The van der Waals surface area contributed by atoms with Crippen LogP contribution in [0.2, 0.25) is 0 Å². The number of amides is 1. The highest BCUT2D eigenvalue weighted by atomic mass is 16.3. The molecule has 2 bridgehead atoms. The zero-order chi connectivity index (χ0) is 12.3. The molecule has 0 spiro atoms. The van der Waals surface area contributed by atoms with Crippen molar-refractivity contribution in [2.75, 3.05) is 26.2 Å². The van der Waals surface area contributed by atoms with E-state index in [0.717, 1.165) is 39.0 Å². The molecule has 4 fully saturated rings. The van der Waals surface area contributed by atoms with Gasteiger partial charge in [0.2, 0.25) is 5.91 Å². The largest absolute Gasteiger partial charge is 0.391 e. The molecular weight excluding hydrogens is 230 g/mol. The highest BCUT2D eigenvalue weighted by Gasteiger charge is 2.60. The predicted octanol–water partition coefficient (Wildman–Crippen LogP) is -1.22. The third-order valence-corrected chi connectivity index (χ3v) is 5.47. The van der Waals surface area contributed by atoms with Gasteiger partial charge in [0.25, 0.3) is 0 Å². The molecule has 5 nitrogen and oxygen atoms in total. The summed E-state index contributed by atoms with van der Waals surface area (Å²) in [7, 11) is 0. The summed E-state index contributed by atoms with van der Waals surface area (Å²) < 4.78 is 0. The molecule has 6 atom stereocenters. The summed E-state index contributed by atoms with van der Waals surface area (Å²) in [6.07, 6.45) is 1.99. The van der Waals surface area contributed by atoms with E-state index >= 15 is 0 Å². The second-order valence-corrected chi connectivity index (χ2v) is 6.34. The van der Waals surface area contributed by atoms with Gasteiger partial charge in [0, 0.05) is 26.2 Å². The zero-order valence-corrected chi connectivity index (χ0v) is 10.5. The average molecular weight is 251 g/mol. The second kappa shape index (κ2) is 3.92. The Morgan fingerprint density at radius 2 is 2.11 bits per heavy atom. The maximum Gasteiger partial charge on any atom is 0.241 e. The first-order valence-corrected chi connectivity index (χ1v) is 7.18. The van der Waals surface area contributed by atoms with E-state index < -0.39 is 0 Å². The Morgan fingerprint density at radius 1 is 1.22 bits per heavy atom. The van der Waals surface area contributed by atoms with E-state index in [0.29, 0.717) is 17.8 Å². The van der Waals surface area contributed by atoms with Crippen molar-refractivity contribution in [3.8, 4) is 0 Å². The summed E-state index contributed by atoms with van der Waals surface area (Å²) >= 11 is 0. The normalized spacial score (nSPS) is 49.9. The minimum absolute atomic E-state index is 0.0949. The molecule has 3 N–H and O–H groups in total. The van der Waals surface area contributed by atoms with Crippen LogP contribution in [0.3, 0.4) is 0 Å². The minimum atomic E-state index is -0.269. The van der Waals surface area contributed by atoms with Crippen molar-refractivity contribution >= 4 is 5.91 Å². The number of hydrogen-bond donors (Lipinski definition) is 3. The number of nitrogens with one attached hydrogen (secondary N) is 2. The molecule has 0 radical (unpaired) electrons. The van der Waals surface area contributed by atoms with Gasteiger partial charge in [-0.2, -0.15) is 0 Å². The smallest absolute Gasteiger partial charge is 0.241 e. The lowest BCUT2D eigenvalue weighted by Crippen LogP contribution is -2.58. The fourth-order valence-electron chi connectivity index (χ4n) is 4.70. The van der Waals surface area contributed by atoms with Crippen LogP contribution in [0.1, 0.15) is 12.8 Å². The summed E-state index contributed by atoms with van der Waals surface area (Å²) in [4.78, 5) is 14.5. The Bertz CT molecular complexity index is 367. The van der Waals surface area contributed by atoms with Crippen LogP contribution in [-0.4, -0.2) is 60.3 Å². The Kier molecular flexibility index (Phi) is 2.44. The Labute approximate surface area is 107 Å². The number of rotatable bonds is 1. The van der Waals surface area contributed by atoms with E-state index in [-0.39, 0.29) is 24.1 Å². The summed E-state index contributed by atoms with van der Waals surface area (Å²) in [5, 5.41) is 16.8. The highest BCUT2D eigenvalue weighted by molar-refractivity contribution is 5.83. The lowest BCUT2D eigenvalue weighted by Gasteiger charge is -2.33. The maximum atomic E-state index is 12.6. The van der Waals surface area contributed by atoms with Crippen LogP contribution in [0.25, 0.3) is 0 Å². The number of nitrogens with zero attached hydrogens (tertiary/aromatic N) is 1. The quantitative estimate of drug-likeness (QED) is 0.546. The first kappa shape index (κ1) is 11.2. The van der Waals surface area contributed by atoms with Crippen LogP contribution in [0.5, 0.6) is 0 Å². The fourth-order valence-corrected chi connectivity index (χ4v) is 4.70. The number of carbonyl (C=O) groups is 1. The Morgan fingerprint density at radius 3 is 2.83 bits per heavy atom. The number of aliphatic hydroxyl groups excluding tert-OH is 1. The van der Waals surface area contributed by atoms with Crippen LogP contribution in [0.15, 0.2) is 0 Å². The standard InChI is InChI=1S/C13H21N3O2/c17-12-7-3-8-6-16(11(12)9(8)4-7)13(18)10-5-14-1-2-15-10/h7-12,14-15,17H,1-6H2. The minimum Gasteiger partial charge on any atom is -0.391 e. The van der Waals surface area contributed by atoms with Crippen LogP contribution in [0, 0.1) is 17.8 Å². The molecule has 2 aliphatic heterocycles. The molecule has 0 aromatic rings. The summed E-state index contributed by atoms with van der Waals surface area (Å²) in [6, 6.07) is 0.0208. The summed E-state index contributed by atoms with van der Waals surface area (Å²) in [6.45, 7) is 3.38. The van der Waals surface area contributed by atoms with Crippen LogP contribution < -0.4 is 10.6 Å². The van der Waals surface area contributed by atoms with Crippen molar-refractivity contribution in [3.63, 3.8) is 0 Å². The van der Waals surface area contributed by atoms with Gasteiger partial charge in [-0.3, -0.25) is 4.79 Å². The van der Waals surface area contributed by atoms with E-state index in [1.807, 2.05) is 4.90 Å². The first-order valence-electron chi connectivity index (χ1n) is 7.18. The molecule has 4 rings (SSSR count). The summed E-state index contributed by atoms with van der Waals surface area (Å²) in [5.74, 6) is 1.89. The van der Waals surface area contributed by atoms with Gasteiger partial charge in [-0.05, 0) is 30.6 Å². The summed E-state index contributed by atoms with van der Waals surface area (Å²) in [5.41, 5.74) is 0. The van der Waals surface area contributed by atoms with Gasteiger partial charge in [-0.1, -0.05) is 0 Å². The van der Waals surface area contributed by atoms with Gasteiger partial charge < -0.3 is 20.6 Å². The van der Waals surface area contributed by atoms with Gasteiger partial charge in [0.15, 0.2) is 0 Å². The molecule has 18 heavy (non-hydrogen) atoms. The molecule has 6 unspecified atom stereocenters. The second-order valence-electron chi connectivity index (χ2n) is 6.34. The predicted molar refractivity (Wildman–Crippen MR) is 65.9 cm³/mol. The van der Waals surface area contributed by atoms with Gasteiger partial charge in [0.05, 0.1) is 18.2 Å². The van der Waals surface area contributed by atoms with E-state index in [1.165, 1.54) is 0 Å². The lowest BCUT2D eigenvalue weighted by molar-refractivity contribution is -0.136. The Balaban J connectivity index is 1.53. The van der Waals surface area contributed by atoms with Gasteiger partial charge in [-0.25, -0.2) is 0 Å². The molecule has 0 aromatic heterocycles. The third kappa shape index (κ3) is 1.41. The molecule has 2 aliphatic carbocycles. The molecule has 5 heteroatoms. The number of aliphatic hydroxyl groups is 1. The van der Waals surface area contributed by atoms with Crippen molar-refractivity contribution in [1.29, 1.82) is 0 Å². The van der Waals surface area contributed by atoms with Crippen molar-refractivity contribution in [2.24, 2.45) is 17.8 Å². The number of piperazine rings is 1. The van der Waals surface area contributed by atoms with Gasteiger partial charge in [0.1, 0.15) is 0 Å². The molecule has 2 saturated carbocycles. The molecule has 0 aromatic carbocycles. The number of fused-ring (bicyclic) bond motifs is 1. The molecule has 2 saturated heterocycles. The third-order valence-electron chi connectivity index (χ3n) is 5.47. The van der Waals surface area contributed by atoms with E-state index in [4.69, 9.17) is 0 Å². The van der Waals surface area contributed by atoms with E-state index in [9.17, 15) is 9.90 Å². The van der Waals surface area contributed by atoms with Crippen molar-refractivity contribution in [3.05, 3.63) is 0 Å². The Hall–Kier alpha value is -0.650. The maximum absolute atomic E-state index is 12.6. The number of likely N-dealkylation sites (tertiary alicyclic amines) is 1. The van der Waals surface area contributed by atoms with Crippen molar-refractivity contribution < 1.29 is 9.90 Å². The van der Waals surface area contributed by atoms with E-state index in [2.05, 4.69) is 10.6 Å². The van der Waals surface area contributed by atoms with Gasteiger partial charge in [-0.15, -0.1) is 0 Å². The number of carbonyl (C=O) groups excluding carboxylic acids is 1. The molecule has 100 valence electrons. The molecule has 2 heterocycles. The SMILES string of the molecule is O=C(C1CNCCN1)N1CC2CC3CC2C1C3O. The molecule has 4 aliphatic rings. The van der Waals surface area contributed by atoms with Gasteiger partial charge >= 0.3 is 0 Å². The van der Waals surface area contributed by atoms with Crippen LogP contribution in [-0.2, 0) is 4.79 Å². The molecule has 1 amide bonds. The monoisotopic (exact) mass is 251 g/mol. The lowest BCUT2D eigenvalue weighted by atomic mass is 9.88. The zero-order valence-electron chi connectivity index (χ0n) is 10.5. The topological polar surface area (TPSA) is 64.6 Å². The fraction of sp³-hybridized carbons (Fsp3) is 0.923. The number of hydrogen-bond acceptors (Lipinski definition) is 4. The van der Waals surface area contributed by atoms with Crippen molar-refractivity contribution in [2.45, 2.75) is 31.0 Å². The van der Waals surface area contributed by atoms with E-state index in [1.54, 1.807) is 0 Å². The van der Waals surface area contributed by atoms with Crippen molar-refractivity contribution in [1.82, 2.24) is 15.5 Å². The highest BCUT2D eigenvalue weighted by Crippen LogP contribution is 2.54. The van der Waals surface area contributed by atoms with Crippen LogP contribution >= 0.6 is 0 Å². The first-order chi connectivity index (χ1) is 8.75. The average Bonchev–Trinajstić information content (AvgIpc) is 3.00. The van der Waals surface area contributed by atoms with Crippen LogP contribution in [0.4, 0.5) is 0 Å².